The molecule has 14 heteroatoms. The number of hydrogen-bond acceptors (Lipinski definition) is 4. The molecule has 0 bridgehead atoms. The van der Waals surface area contributed by atoms with E-state index in [9.17, 15) is 26.7 Å². The monoisotopic (exact) mass is 428 g/mol. The van der Waals surface area contributed by atoms with Crippen LogP contribution in [-0.2, 0) is 0 Å². The third-order valence-corrected chi connectivity index (χ3v) is 3.31. The summed E-state index contributed by atoms with van der Waals surface area (Å²) in [5.74, 6) is -8.90. The number of benzene rings is 2. The van der Waals surface area contributed by atoms with Gasteiger partial charge in [-0.25, -0.2) is 9.18 Å². The average molecular weight is 428 g/mol. The van der Waals surface area contributed by atoms with E-state index in [0.717, 1.165) is 12.1 Å². The van der Waals surface area contributed by atoms with Crippen LogP contribution in [0.3, 0.4) is 0 Å². The highest BCUT2D eigenvalue weighted by Gasteiger charge is 2.34. The molecular formula is C15H5B3ClF5O5. The fraction of sp³-hybridized carbons (Fsp3) is 0.133. The maximum atomic E-state index is 14.5. The zero-order valence-corrected chi connectivity index (χ0v) is 14.6. The minimum absolute atomic E-state index is 0.489. The van der Waals surface area contributed by atoms with Crippen LogP contribution in [0.2, 0.25) is 5.02 Å². The van der Waals surface area contributed by atoms with Crippen LogP contribution in [0, 0.1) is 11.6 Å². The molecule has 0 amide bonds. The molecule has 0 heterocycles. The first-order valence-electron chi connectivity index (χ1n) is 7.22. The van der Waals surface area contributed by atoms with E-state index in [2.05, 4.69) is 9.47 Å². The average Bonchev–Trinajstić information content (AvgIpc) is 2.54. The third kappa shape index (κ3) is 5.72. The number of carboxylic acids is 1. The Morgan fingerprint density at radius 2 is 1.48 bits per heavy atom. The first-order chi connectivity index (χ1) is 13.2. The van der Waals surface area contributed by atoms with Gasteiger partial charge in [0, 0.05) is 0 Å². The van der Waals surface area contributed by atoms with E-state index in [1.807, 2.05) is 0 Å². The van der Waals surface area contributed by atoms with Crippen LogP contribution < -0.4 is 14.2 Å². The highest BCUT2D eigenvalue weighted by atomic mass is 35.5. The van der Waals surface area contributed by atoms with Crippen molar-refractivity contribution >= 4 is 41.1 Å². The molecule has 146 valence electrons. The minimum atomic E-state index is -5.26. The number of ether oxygens (including phenoxy) is 3. The van der Waals surface area contributed by atoms with Gasteiger partial charge >= 0.3 is 12.3 Å². The molecule has 1 N–H and O–H groups in total. The molecule has 0 saturated carbocycles. The molecule has 2 rings (SSSR count). The Balaban J connectivity index is 2.60. The summed E-state index contributed by atoms with van der Waals surface area (Å²) in [5.41, 5.74) is -1.04. The van der Waals surface area contributed by atoms with Crippen molar-refractivity contribution in [2.75, 3.05) is 0 Å². The van der Waals surface area contributed by atoms with Gasteiger partial charge in [-0.15, -0.1) is 13.2 Å². The Bertz CT molecular complexity index is 949. The molecule has 29 heavy (non-hydrogen) atoms. The van der Waals surface area contributed by atoms with E-state index in [1.54, 1.807) is 0 Å². The number of halogens is 6. The van der Waals surface area contributed by atoms with Gasteiger partial charge in [0.25, 0.3) is 0 Å². The SMILES string of the molecule is [B]C([B])([B])Oc1c(Oc2ccc(Cl)c(F)c2C(=O)O)ccc(OC(F)(F)F)c1F. The lowest BCUT2D eigenvalue weighted by atomic mass is 9.52. The number of rotatable bonds is 6. The van der Waals surface area contributed by atoms with Crippen LogP contribution in [0.5, 0.6) is 23.0 Å². The minimum Gasteiger partial charge on any atom is -0.510 e. The Morgan fingerprint density at radius 1 is 0.931 bits per heavy atom. The van der Waals surface area contributed by atoms with Gasteiger partial charge in [-0.05, 0) is 29.6 Å². The van der Waals surface area contributed by atoms with Gasteiger partial charge in [0.1, 0.15) is 34.9 Å². The number of aromatic carboxylic acids is 1. The number of carbonyl (C=O) groups is 1. The summed E-state index contributed by atoms with van der Waals surface area (Å²) in [6, 6.07) is 3.03. The van der Waals surface area contributed by atoms with E-state index >= 15 is 0 Å². The molecule has 0 aliphatic carbocycles. The van der Waals surface area contributed by atoms with Crippen molar-refractivity contribution < 1.29 is 46.1 Å². The van der Waals surface area contributed by atoms with Gasteiger partial charge in [0.15, 0.2) is 23.1 Å². The van der Waals surface area contributed by atoms with Crippen LogP contribution in [0.25, 0.3) is 0 Å². The van der Waals surface area contributed by atoms with Gasteiger partial charge in [-0.2, -0.15) is 4.39 Å². The highest BCUT2D eigenvalue weighted by Crippen LogP contribution is 2.42. The highest BCUT2D eigenvalue weighted by molar-refractivity contribution is 6.58. The standard InChI is InChI=1S/C15H5B3ClF5O5/c16-14(17,18)29-12-8(4-3-7(11(12)21)28-15(22,23)24)27-6-2-1-5(19)10(20)9(6)13(25)26/h1-4H,(H,25,26). The van der Waals surface area contributed by atoms with E-state index in [0.29, 0.717) is 12.1 Å². The van der Waals surface area contributed by atoms with Crippen LogP contribution in [0.4, 0.5) is 22.0 Å². The molecular weight excluding hydrogens is 423 g/mol. The van der Waals surface area contributed by atoms with Crippen LogP contribution in [-0.4, -0.2) is 46.3 Å². The summed E-state index contributed by atoms with van der Waals surface area (Å²) < 4.78 is 79.0. The van der Waals surface area contributed by atoms with Crippen molar-refractivity contribution in [1.29, 1.82) is 0 Å². The van der Waals surface area contributed by atoms with E-state index in [-0.39, 0.29) is 0 Å². The Kier molecular flexibility index (Phi) is 6.31. The Hall–Kier alpha value is -2.56. The zero-order valence-electron chi connectivity index (χ0n) is 13.9. The van der Waals surface area contributed by atoms with E-state index in [4.69, 9.17) is 45.0 Å². The lowest BCUT2D eigenvalue weighted by Gasteiger charge is -2.26. The Morgan fingerprint density at radius 3 is 2.00 bits per heavy atom. The molecule has 0 aromatic heterocycles. The molecule has 0 saturated heterocycles. The summed E-state index contributed by atoms with van der Waals surface area (Å²) in [6.45, 7) is 0. The first-order valence-corrected chi connectivity index (χ1v) is 7.60. The second kappa shape index (κ2) is 8.06. The fourth-order valence-corrected chi connectivity index (χ4v) is 2.17. The van der Waals surface area contributed by atoms with Crippen LogP contribution >= 0.6 is 11.6 Å². The van der Waals surface area contributed by atoms with Crippen molar-refractivity contribution in [3.05, 3.63) is 46.5 Å². The summed E-state index contributed by atoms with van der Waals surface area (Å²) in [4.78, 5) is 11.3. The summed E-state index contributed by atoms with van der Waals surface area (Å²) in [7, 11) is 15.5. The van der Waals surface area contributed by atoms with Gasteiger partial charge in [0.05, 0.1) is 5.02 Å². The largest absolute Gasteiger partial charge is 0.573 e. The van der Waals surface area contributed by atoms with Crippen LogP contribution in [0.15, 0.2) is 24.3 Å². The normalized spacial score (nSPS) is 11.8. The molecule has 2 aromatic carbocycles. The maximum absolute atomic E-state index is 14.5. The Labute approximate surface area is 168 Å². The molecule has 0 fully saturated rings. The molecule has 0 aliphatic rings. The molecule has 2 aromatic rings. The van der Waals surface area contributed by atoms with E-state index < -0.39 is 62.8 Å². The molecule has 6 radical (unpaired) electrons. The summed E-state index contributed by atoms with van der Waals surface area (Å²) in [5, 5.41) is 6.00. The topological polar surface area (TPSA) is 65.0 Å². The zero-order chi connectivity index (χ0) is 22.1. The number of alkyl halides is 3. The lowest BCUT2D eigenvalue weighted by molar-refractivity contribution is -0.275. The quantitative estimate of drug-likeness (QED) is 0.564. The smallest absolute Gasteiger partial charge is 0.510 e. The maximum Gasteiger partial charge on any atom is 0.573 e. The molecule has 5 nitrogen and oxygen atoms in total. The van der Waals surface area contributed by atoms with Gasteiger partial charge in [-0.1, -0.05) is 11.6 Å². The van der Waals surface area contributed by atoms with E-state index in [1.165, 1.54) is 0 Å². The second-order valence-electron chi connectivity index (χ2n) is 5.35. The molecule has 0 atom stereocenters. The summed E-state index contributed by atoms with van der Waals surface area (Å²) >= 11 is 5.51. The molecule has 0 unspecified atom stereocenters. The summed E-state index contributed by atoms with van der Waals surface area (Å²) in [6.07, 6.45) is -5.26. The van der Waals surface area contributed by atoms with Crippen molar-refractivity contribution in [1.82, 2.24) is 0 Å². The molecule has 0 spiro atoms. The lowest BCUT2D eigenvalue weighted by Crippen LogP contribution is -2.38. The number of carboxylic acid groups (broad SMARTS) is 1. The molecule has 0 aliphatic heterocycles. The third-order valence-electron chi connectivity index (χ3n) is 3.02. The predicted octanol–water partition coefficient (Wildman–Crippen LogP) is 3.50. The number of hydrogen-bond donors (Lipinski definition) is 1. The van der Waals surface area contributed by atoms with Gasteiger partial charge in [0.2, 0.25) is 5.82 Å². The van der Waals surface area contributed by atoms with Crippen molar-refractivity contribution in [3.8, 4) is 23.0 Å². The fourth-order valence-electron chi connectivity index (χ4n) is 2.01. The van der Waals surface area contributed by atoms with Crippen molar-refractivity contribution in [2.24, 2.45) is 0 Å². The van der Waals surface area contributed by atoms with Crippen molar-refractivity contribution in [3.63, 3.8) is 0 Å². The first kappa shape index (κ1) is 22.7. The predicted molar refractivity (Wildman–Crippen MR) is 92.1 cm³/mol. The van der Waals surface area contributed by atoms with Crippen molar-refractivity contribution in [2.45, 2.75) is 11.7 Å². The van der Waals surface area contributed by atoms with Gasteiger partial charge in [-0.3, -0.25) is 0 Å². The second-order valence-corrected chi connectivity index (χ2v) is 5.76. The van der Waals surface area contributed by atoms with Crippen LogP contribution in [0.1, 0.15) is 10.4 Å². The van der Waals surface area contributed by atoms with Gasteiger partial charge < -0.3 is 19.3 Å².